The average Bonchev–Trinajstić information content (AvgIpc) is 3.00. The molecule has 1 N–H and O–H groups in total. The maximum atomic E-state index is 11.9. The lowest BCUT2D eigenvalue weighted by atomic mass is 10.1. The predicted molar refractivity (Wildman–Crippen MR) is 93.0 cm³/mol. The molecule has 0 atom stereocenters. The Balaban J connectivity index is 1.60. The van der Waals surface area contributed by atoms with Crippen LogP contribution >= 0.6 is 0 Å². The van der Waals surface area contributed by atoms with E-state index in [4.69, 9.17) is 4.74 Å². The molecule has 0 aliphatic carbocycles. The topological polar surface area (TPSA) is 58.6 Å². The summed E-state index contributed by atoms with van der Waals surface area (Å²) in [6.45, 7) is 2.92. The third-order valence-electron chi connectivity index (χ3n) is 4.02. The van der Waals surface area contributed by atoms with Crippen molar-refractivity contribution in [2.45, 2.75) is 26.4 Å². The van der Waals surface area contributed by atoms with Gasteiger partial charge >= 0.3 is 6.09 Å². The van der Waals surface area contributed by atoms with Gasteiger partial charge in [-0.05, 0) is 42.7 Å². The lowest BCUT2D eigenvalue weighted by molar-refractivity contribution is -0.117. The van der Waals surface area contributed by atoms with Crippen molar-refractivity contribution in [3.8, 4) is 0 Å². The highest BCUT2D eigenvalue weighted by Crippen LogP contribution is 2.27. The molecule has 1 heterocycles. The van der Waals surface area contributed by atoms with E-state index in [1.807, 2.05) is 49.4 Å². The van der Waals surface area contributed by atoms with Gasteiger partial charge in [-0.3, -0.25) is 10.1 Å². The Morgan fingerprint density at radius 2 is 2.00 bits per heavy atom. The van der Waals surface area contributed by atoms with E-state index in [1.165, 1.54) is 0 Å². The molecule has 1 fully saturated rings. The van der Waals surface area contributed by atoms with Crippen molar-refractivity contribution in [2.24, 2.45) is 0 Å². The van der Waals surface area contributed by atoms with E-state index < -0.39 is 6.09 Å². The quantitative estimate of drug-likeness (QED) is 0.929. The molecule has 1 aliphatic heterocycles. The summed E-state index contributed by atoms with van der Waals surface area (Å²) in [7, 11) is 0. The molecule has 2 aromatic carbocycles. The second kappa shape index (κ2) is 7.17. The summed E-state index contributed by atoms with van der Waals surface area (Å²) >= 11 is 0. The molecule has 24 heavy (non-hydrogen) atoms. The molecule has 0 bridgehead atoms. The SMILES string of the molecule is Cc1cc(NC(=O)OCc2ccccc2)ccc1N1CCCC1=O. The first kappa shape index (κ1) is 16.1. The number of ether oxygens (including phenoxy) is 1. The van der Waals surface area contributed by atoms with Crippen LogP contribution in [-0.4, -0.2) is 18.5 Å². The summed E-state index contributed by atoms with van der Waals surface area (Å²) in [5.41, 5.74) is 3.44. The first-order valence-corrected chi connectivity index (χ1v) is 8.02. The molecule has 5 heteroatoms. The number of nitrogens with one attached hydrogen (secondary N) is 1. The molecule has 2 amide bonds. The minimum Gasteiger partial charge on any atom is -0.444 e. The van der Waals surface area contributed by atoms with Gasteiger partial charge in [0.1, 0.15) is 6.61 Å². The van der Waals surface area contributed by atoms with Gasteiger partial charge < -0.3 is 9.64 Å². The summed E-state index contributed by atoms with van der Waals surface area (Å²) in [6, 6.07) is 15.0. The van der Waals surface area contributed by atoms with E-state index >= 15 is 0 Å². The van der Waals surface area contributed by atoms with E-state index in [9.17, 15) is 9.59 Å². The number of hydrogen-bond donors (Lipinski definition) is 1. The highest BCUT2D eigenvalue weighted by atomic mass is 16.5. The van der Waals surface area contributed by atoms with Crippen LogP contribution in [0, 0.1) is 6.92 Å². The number of carbonyl (C=O) groups excluding carboxylic acids is 2. The number of carbonyl (C=O) groups is 2. The van der Waals surface area contributed by atoms with Gasteiger partial charge in [0.25, 0.3) is 0 Å². The minimum atomic E-state index is -0.497. The maximum Gasteiger partial charge on any atom is 0.411 e. The van der Waals surface area contributed by atoms with E-state index in [-0.39, 0.29) is 12.5 Å². The monoisotopic (exact) mass is 324 g/mol. The van der Waals surface area contributed by atoms with E-state index in [1.54, 1.807) is 11.0 Å². The van der Waals surface area contributed by atoms with Crippen LogP contribution in [0.3, 0.4) is 0 Å². The van der Waals surface area contributed by atoms with Gasteiger partial charge in [0.05, 0.1) is 0 Å². The Kier molecular flexibility index (Phi) is 4.79. The molecule has 1 aliphatic rings. The zero-order chi connectivity index (χ0) is 16.9. The van der Waals surface area contributed by atoms with Gasteiger partial charge in [0.15, 0.2) is 0 Å². The highest BCUT2D eigenvalue weighted by Gasteiger charge is 2.23. The van der Waals surface area contributed by atoms with Crippen LogP contribution in [0.2, 0.25) is 0 Å². The Bertz CT molecular complexity index is 744. The summed E-state index contributed by atoms with van der Waals surface area (Å²) in [5.74, 6) is 0.154. The number of rotatable bonds is 4. The Labute approximate surface area is 141 Å². The Hall–Kier alpha value is -2.82. The lowest BCUT2D eigenvalue weighted by Gasteiger charge is -2.19. The van der Waals surface area contributed by atoms with E-state index in [0.717, 1.165) is 29.8 Å². The van der Waals surface area contributed by atoms with Crippen molar-refractivity contribution in [1.82, 2.24) is 0 Å². The van der Waals surface area contributed by atoms with Gasteiger partial charge in [-0.25, -0.2) is 4.79 Å². The zero-order valence-electron chi connectivity index (χ0n) is 13.6. The number of anilines is 2. The maximum absolute atomic E-state index is 11.9. The third-order valence-corrected chi connectivity index (χ3v) is 4.02. The van der Waals surface area contributed by atoms with Gasteiger partial charge in [0, 0.05) is 24.3 Å². The predicted octanol–water partition coefficient (Wildman–Crippen LogP) is 3.87. The number of amides is 2. The first-order valence-electron chi connectivity index (χ1n) is 8.02. The normalized spacial score (nSPS) is 13.9. The average molecular weight is 324 g/mol. The van der Waals surface area contributed by atoms with Gasteiger partial charge in [0.2, 0.25) is 5.91 Å². The van der Waals surface area contributed by atoms with Crippen LogP contribution < -0.4 is 10.2 Å². The molecule has 0 spiro atoms. The molecule has 124 valence electrons. The molecule has 0 aromatic heterocycles. The van der Waals surface area contributed by atoms with Crippen molar-refractivity contribution in [3.63, 3.8) is 0 Å². The summed E-state index contributed by atoms with van der Waals surface area (Å²) < 4.78 is 5.20. The molecule has 5 nitrogen and oxygen atoms in total. The van der Waals surface area contributed by atoms with Crippen molar-refractivity contribution < 1.29 is 14.3 Å². The number of nitrogens with zero attached hydrogens (tertiary/aromatic N) is 1. The number of benzene rings is 2. The van der Waals surface area contributed by atoms with Gasteiger partial charge in [-0.1, -0.05) is 30.3 Å². The van der Waals surface area contributed by atoms with Crippen LogP contribution in [0.1, 0.15) is 24.0 Å². The second-order valence-electron chi connectivity index (χ2n) is 5.84. The Morgan fingerprint density at radius 3 is 2.67 bits per heavy atom. The van der Waals surface area contributed by atoms with Gasteiger partial charge in [-0.15, -0.1) is 0 Å². The van der Waals surface area contributed by atoms with Crippen molar-refractivity contribution in [3.05, 3.63) is 59.7 Å². The largest absolute Gasteiger partial charge is 0.444 e. The number of hydrogen-bond acceptors (Lipinski definition) is 3. The summed E-state index contributed by atoms with van der Waals surface area (Å²) in [5, 5.41) is 2.72. The molecular formula is C19H20N2O3. The van der Waals surface area contributed by atoms with Crippen molar-refractivity contribution >= 4 is 23.4 Å². The smallest absolute Gasteiger partial charge is 0.411 e. The highest BCUT2D eigenvalue weighted by molar-refractivity contribution is 5.96. The second-order valence-corrected chi connectivity index (χ2v) is 5.84. The fraction of sp³-hybridized carbons (Fsp3) is 0.263. The molecule has 1 saturated heterocycles. The molecule has 3 rings (SSSR count). The van der Waals surface area contributed by atoms with Crippen molar-refractivity contribution in [2.75, 3.05) is 16.8 Å². The van der Waals surface area contributed by atoms with Crippen LogP contribution in [0.15, 0.2) is 48.5 Å². The summed E-state index contributed by atoms with van der Waals surface area (Å²) in [4.78, 5) is 25.5. The van der Waals surface area contributed by atoms with Crippen molar-refractivity contribution in [1.29, 1.82) is 0 Å². The lowest BCUT2D eigenvalue weighted by Crippen LogP contribution is -2.24. The standard InChI is InChI=1S/C19H20N2O3/c1-14-12-16(9-10-17(14)21-11-5-8-18(21)22)20-19(23)24-13-15-6-3-2-4-7-15/h2-4,6-7,9-10,12H,5,8,11,13H2,1H3,(H,20,23). The molecular weight excluding hydrogens is 304 g/mol. The third kappa shape index (κ3) is 3.74. The van der Waals surface area contributed by atoms with E-state index in [2.05, 4.69) is 5.32 Å². The molecule has 0 unspecified atom stereocenters. The van der Waals surface area contributed by atoms with Crippen LogP contribution in [-0.2, 0) is 16.1 Å². The first-order chi connectivity index (χ1) is 11.6. The minimum absolute atomic E-state index is 0.154. The Morgan fingerprint density at radius 1 is 1.21 bits per heavy atom. The van der Waals surface area contributed by atoms with E-state index in [0.29, 0.717) is 12.1 Å². The fourth-order valence-corrected chi connectivity index (χ4v) is 2.82. The fourth-order valence-electron chi connectivity index (χ4n) is 2.82. The molecule has 2 aromatic rings. The van der Waals surface area contributed by atoms with Gasteiger partial charge in [-0.2, -0.15) is 0 Å². The molecule has 0 radical (unpaired) electrons. The van der Waals surface area contributed by atoms with Crippen LogP contribution in [0.4, 0.5) is 16.2 Å². The summed E-state index contributed by atoms with van der Waals surface area (Å²) in [6.07, 6.45) is 0.998. The van der Waals surface area contributed by atoms with Crippen LogP contribution in [0.25, 0.3) is 0 Å². The molecule has 0 saturated carbocycles. The zero-order valence-corrected chi connectivity index (χ0v) is 13.6. The van der Waals surface area contributed by atoms with Crippen LogP contribution in [0.5, 0.6) is 0 Å². The number of aryl methyl sites for hydroxylation is 1.